The predicted molar refractivity (Wildman–Crippen MR) is 85.6 cm³/mol. The van der Waals surface area contributed by atoms with E-state index in [0.29, 0.717) is 5.84 Å². The van der Waals surface area contributed by atoms with Crippen LogP contribution in [0.5, 0.6) is 0 Å². The lowest BCUT2D eigenvalue weighted by molar-refractivity contribution is 1.44. The van der Waals surface area contributed by atoms with Crippen molar-refractivity contribution in [3.05, 3.63) is 77.9 Å². The molecular formula is C18H16N2. The summed E-state index contributed by atoms with van der Waals surface area (Å²) < 4.78 is 0. The van der Waals surface area contributed by atoms with Crippen LogP contribution in [-0.2, 0) is 0 Å². The van der Waals surface area contributed by atoms with Crippen molar-refractivity contribution in [1.29, 1.82) is 5.41 Å². The first-order valence-electron chi connectivity index (χ1n) is 6.64. The van der Waals surface area contributed by atoms with E-state index in [4.69, 9.17) is 5.41 Å². The van der Waals surface area contributed by atoms with Crippen molar-refractivity contribution in [3.8, 4) is 0 Å². The third-order valence-electron chi connectivity index (χ3n) is 3.33. The Labute approximate surface area is 118 Å². The number of fused-ring (bicyclic) bond motifs is 1. The fourth-order valence-corrected chi connectivity index (χ4v) is 2.26. The Morgan fingerprint density at radius 1 is 0.850 bits per heavy atom. The van der Waals surface area contributed by atoms with Crippen molar-refractivity contribution in [3.63, 3.8) is 0 Å². The van der Waals surface area contributed by atoms with Crippen LogP contribution in [-0.4, -0.2) is 5.84 Å². The van der Waals surface area contributed by atoms with Crippen molar-refractivity contribution in [2.45, 2.75) is 6.92 Å². The molecule has 0 radical (unpaired) electrons. The van der Waals surface area contributed by atoms with Gasteiger partial charge >= 0.3 is 0 Å². The second kappa shape index (κ2) is 5.17. The molecule has 0 spiro atoms. The molecule has 0 aliphatic heterocycles. The van der Waals surface area contributed by atoms with Crippen LogP contribution < -0.4 is 5.32 Å². The molecule has 0 aliphatic carbocycles. The molecule has 2 nitrogen and oxygen atoms in total. The highest BCUT2D eigenvalue weighted by molar-refractivity contribution is 6.06. The third kappa shape index (κ3) is 2.54. The lowest BCUT2D eigenvalue weighted by Gasteiger charge is -2.09. The van der Waals surface area contributed by atoms with E-state index in [-0.39, 0.29) is 0 Å². The van der Waals surface area contributed by atoms with Crippen LogP contribution in [0.25, 0.3) is 10.8 Å². The van der Waals surface area contributed by atoms with Crippen LogP contribution >= 0.6 is 0 Å². The standard InChI is InChI=1S/C18H16N2/c1-13-7-8-16-12-17(10-9-15(16)11-13)20-18(19)14-5-3-2-4-6-14/h2-12H,1H3,(H2,19,20). The molecule has 0 aliphatic rings. The van der Waals surface area contributed by atoms with Gasteiger partial charge in [0.15, 0.2) is 0 Å². The van der Waals surface area contributed by atoms with Crippen LogP contribution in [0.1, 0.15) is 11.1 Å². The van der Waals surface area contributed by atoms with Crippen LogP contribution in [0.3, 0.4) is 0 Å². The molecule has 0 saturated heterocycles. The zero-order chi connectivity index (χ0) is 13.9. The maximum Gasteiger partial charge on any atom is 0.129 e. The lowest BCUT2D eigenvalue weighted by atomic mass is 10.1. The maximum absolute atomic E-state index is 8.10. The monoisotopic (exact) mass is 260 g/mol. The molecule has 0 fully saturated rings. The van der Waals surface area contributed by atoms with Crippen LogP contribution in [0.2, 0.25) is 0 Å². The Bertz CT molecular complexity index is 761. The number of amidine groups is 1. The molecule has 0 bridgehead atoms. The number of anilines is 1. The Morgan fingerprint density at radius 2 is 1.55 bits per heavy atom. The molecule has 3 aromatic carbocycles. The van der Waals surface area contributed by atoms with Gasteiger partial charge in [0.05, 0.1) is 0 Å². The van der Waals surface area contributed by atoms with Gasteiger partial charge in [-0.3, -0.25) is 5.41 Å². The Hall–Kier alpha value is -2.61. The summed E-state index contributed by atoms with van der Waals surface area (Å²) >= 11 is 0. The summed E-state index contributed by atoms with van der Waals surface area (Å²) in [4.78, 5) is 0. The van der Waals surface area contributed by atoms with E-state index < -0.39 is 0 Å². The zero-order valence-corrected chi connectivity index (χ0v) is 11.4. The smallest absolute Gasteiger partial charge is 0.129 e. The molecule has 2 N–H and O–H groups in total. The van der Waals surface area contributed by atoms with Crippen LogP contribution in [0.4, 0.5) is 5.69 Å². The normalized spacial score (nSPS) is 10.4. The average molecular weight is 260 g/mol. The Morgan fingerprint density at radius 3 is 2.35 bits per heavy atom. The second-order valence-corrected chi connectivity index (χ2v) is 4.93. The zero-order valence-electron chi connectivity index (χ0n) is 11.4. The SMILES string of the molecule is Cc1ccc2cc(NC(=N)c3ccccc3)ccc2c1. The molecule has 3 rings (SSSR count). The summed E-state index contributed by atoms with van der Waals surface area (Å²) in [6, 6.07) is 22.3. The number of hydrogen-bond acceptors (Lipinski definition) is 1. The van der Waals surface area contributed by atoms with Crippen molar-refractivity contribution in [2.75, 3.05) is 5.32 Å². The first-order valence-corrected chi connectivity index (χ1v) is 6.64. The van der Waals surface area contributed by atoms with Crippen LogP contribution in [0.15, 0.2) is 66.7 Å². The van der Waals surface area contributed by atoms with Gasteiger partial charge in [-0.25, -0.2) is 0 Å². The summed E-state index contributed by atoms with van der Waals surface area (Å²) in [5.74, 6) is 0.414. The van der Waals surface area contributed by atoms with Crippen molar-refractivity contribution in [1.82, 2.24) is 0 Å². The minimum Gasteiger partial charge on any atom is -0.340 e. The van der Waals surface area contributed by atoms with Crippen molar-refractivity contribution >= 4 is 22.3 Å². The largest absolute Gasteiger partial charge is 0.340 e. The van der Waals surface area contributed by atoms with Crippen molar-refractivity contribution in [2.24, 2.45) is 0 Å². The molecular weight excluding hydrogens is 244 g/mol. The van der Waals surface area contributed by atoms with Gasteiger partial charge in [-0.1, -0.05) is 60.2 Å². The van der Waals surface area contributed by atoms with Gasteiger partial charge in [0, 0.05) is 11.3 Å². The number of aryl methyl sites for hydroxylation is 1. The number of benzene rings is 3. The molecule has 0 heterocycles. The van der Waals surface area contributed by atoms with E-state index in [0.717, 1.165) is 11.3 Å². The third-order valence-corrected chi connectivity index (χ3v) is 3.33. The molecule has 2 heteroatoms. The molecule has 0 amide bonds. The highest BCUT2D eigenvalue weighted by atomic mass is 14.9. The first kappa shape index (κ1) is 12.4. The average Bonchev–Trinajstić information content (AvgIpc) is 2.48. The Balaban J connectivity index is 1.88. The maximum atomic E-state index is 8.10. The fraction of sp³-hybridized carbons (Fsp3) is 0.0556. The summed E-state index contributed by atoms with van der Waals surface area (Å²) in [7, 11) is 0. The summed E-state index contributed by atoms with van der Waals surface area (Å²) in [6.45, 7) is 2.09. The summed E-state index contributed by atoms with van der Waals surface area (Å²) in [5, 5.41) is 13.7. The molecule has 20 heavy (non-hydrogen) atoms. The Kier molecular flexibility index (Phi) is 3.21. The first-order chi connectivity index (χ1) is 9.72. The molecule has 0 atom stereocenters. The van der Waals surface area contributed by atoms with Gasteiger partial charge in [0.2, 0.25) is 0 Å². The molecule has 3 aromatic rings. The number of hydrogen-bond donors (Lipinski definition) is 2. The van der Waals surface area contributed by atoms with Gasteiger partial charge < -0.3 is 5.32 Å². The summed E-state index contributed by atoms with van der Waals surface area (Å²) in [6.07, 6.45) is 0. The molecule has 0 unspecified atom stereocenters. The topological polar surface area (TPSA) is 35.9 Å². The van der Waals surface area contributed by atoms with E-state index in [2.05, 4.69) is 42.6 Å². The minimum atomic E-state index is 0.414. The van der Waals surface area contributed by atoms with Gasteiger partial charge in [0.25, 0.3) is 0 Å². The highest BCUT2D eigenvalue weighted by Gasteiger charge is 2.02. The minimum absolute atomic E-state index is 0.414. The molecule has 0 aromatic heterocycles. The van der Waals surface area contributed by atoms with E-state index in [1.54, 1.807) is 0 Å². The van der Waals surface area contributed by atoms with E-state index in [9.17, 15) is 0 Å². The number of rotatable bonds is 2. The number of nitrogens with one attached hydrogen (secondary N) is 2. The van der Waals surface area contributed by atoms with Gasteiger partial charge in [-0.2, -0.15) is 0 Å². The van der Waals surface area contributed by atoms with Crippen molar-refractivity contribution < 1.29 is 0 Å². The fourth-order valence-electron chi connectivity index (χ4n) is 2.26. The van der Waals surface area contributed by atoms with Crippen LogP contribution in [0, 0.1) is 12.3 Å². The van der Waals surface area contributed by atoms with Gasteiger partial charge in [-0.05, 0) is 29.8 Å². The van der Waals surface area contributed by atoms with E-state index in [1.165, 1.54) is 16.3 Å². The lowest BCUT2D eigenvalue weighted by Crippen LogP contribution is -2.11. The predicted octanol–water partition coefficient (Wildman–Crippen LogP) is 4.59. The highest BCUT2D eigenvalue weighted by Crippen LogP contribution is 2.20. The van der Waals surface area contributed by atoms with E-state index in [1.807, 2.05) is 36.4 Å². The van der Waals surface area contributed by atoms with Gasteiger partial charge in [-0.15, -0.1) is 0 Å². The van der Waals surface area contributed by atoms with Gasteiger partial charge in [0.1, 0.15) is 5.84 Å². The second-order valence-electron chi connectivity index (χ2n) is 4.93. The quantitative estimate of drug-likeness (QED) is 0.513. The van der Waals surface area contributed by atoms with E-state index >= 15 is 0 Å². The molecule has 98 valence electrons. The summed E-state index contributed by atoms with van der Waals surface area (Å²) in [5.41, 5.74) is 3.09. The molecule has 0 saturated carbocycles.